The summed E-state index contributed by atoms with van der Waals surface area (Å²) in [6, 6.07) is 6.52. The number of nitrogens with one attached hydrogen (secondary N) is 1. The van der Waals surface area contributed by atoms with Crippen molar-refractivity contribution < 1.29 is 9.18 Å². The highest BCUT2D eigenvalue weighted by molar-refractivity contribution is 5.84. The molecule has 1 N–H and O–H groups in total. The van der Waals surface area contributed by atoms with E-state index in [2.05, 4.69) is 26.1 Å². The van der Waals surface area contributed by atoms with E-state index in [1.54, 1.807) is 17.0 Å². The molecule has 3 nitrogen and oxygen atoms in total. The van der Waals surface area contributed by atoms with E-state index in [0.717, 1.165) is 19.3 Å². The highest BCUT2D eigenvalue weighted by Gasteiger charge is 2.39. The molecular formula is C17H25FN2O. The zero-order chi connectivity index (χ0) is 15.4. The second kappa shape index (κ2) is 7.03. The smallest absolute Gasteiger partial charge is 0.241 e. The molecule has 1 aliphatic rings. The Bertz CT molecular complexity index is 489. The summed E-state index contributed by atoms with van der Waals surface area (Å²) in [5, 5.41) is 3.31. The number of rotatable bonds is 6. The first-order valence-corrected chi connectivity index (χ1v) is 7.85. The maximum Gasteiger partial charge on any atom is 0.241 e. The van der Waals surface area contributed by atoms with Crippen molar-refractivity contribution in [1.82, 2.24) is 10.2 Å². The Labute approximate surface area is 126 Å². The first kappa shape index (κ1) is 16.0. The molecule has 1 fully saturated rings. The maximum atomic E-state index is 14.1. The lowest BCUT2D eigenvalue weighted by Crippen LogP contribution is -2.32. The van der Waals surface area contributed by atoms with Crippen molar-refractivity contribution in [2.24, 2.45) is 5.92 Å². The Morgan fingerprint density at radius 3 is 2.67 bits per heavy atom. The van der Waals surface area contributed by atoms with Crippen molar-refractivity contribution in [1.29, 1.82) is 0 Å². The minimum Gasteiger partial charge on any atom is -0.321 e. The van der Waals surface area contributed by atoms with Crippen molar-refractivity contribution in [2.45, 2.75) is 52.2 Å². The predicted molar refractivity (Wildman–Crippen MR) is 82.1 cm³/mol. The van der Waals surface area contributed by atoms with Gasteiger partial charge in [-0.15, -0.1) is 0 Å². The van der Waals surface area contributed by atoms with Crippen LogP contribution in [0.3, 0.4) is 0 Å². The van der Waals surface area contributed by atoms with Crippen LogP contribution in [-0.2, 0) is 4.79 Å². The Morgan fingerprint density at radius 1 is 1.33 bits per heavy atom. The molecule has 1 saturated heterocycles. The number of amides is 1. The first-order valence-electron chi connectivity index (χ1n) is 7.85. The summed E-state index contributed by atoms with van der Waals surface area (Å²) in [7, 11) is 0. The lowest BCUT2D eigenvalue weighted by Gasteiger charge is -2.25. The van der Waals surface area contributed by atoms with E-state index in [4.69, 9.17) is 0 Å². The van der Waals surface area contributed by atoms with Crippen LogP contribution in [0.15, 0.2) is 24.3 Å². The van der Waals surface area contributed by atoms with Gasteiger partial charge in [-0.25, -0.2) is 4.39 Å². The van der Waals surface area contributed by atoms with Gasteiger partial charge in [-0.3, -0.25) is 10.1 Å². The van der Waals surface area contributed by atoms with E-state index in [1.807, 2.05) is 6.07 Å². The van der Waals surface area contributed by atoms with Gasteiger partial charge in [0.25, 0.3) is 0 Å². The maximum absolute atomic E-state index is 14.1. The minimum absolute atomic E-state index is 0.103. The zero-order valence-electron chi connectivity index (χ0n) is 13.1. The van der Waals surface area contributed by atoms with E-state index >= 15 is 0 Å². The van der Waals surface area contributed by atoms with Crippen LogP contribution in [0.1, 0.15) is 51.8 Å². The molecule has 116 valence electrons. The molecule has 2 atom stereocenters. The summed E-state index contributed by atoms with van der Waals surface area (Å²) in [5.74, 6) is 0.365. The lowest BCUT2D eigenvalue weighted by molar-refractivity contribution is -0.130. The summed E-state index contributed by atoms with van der Waals surface area (Å²) in [6.07, 6.45) is 2.32. The van der Waals surface area contributed by atoms with Crippen molar-refractivity contribution in [3.8, 4) is 0 Å². The molecule has 0 aliphatic carbocycles. The van der Waals surface area contributed by atoms with Gasteiger partial charge >= 0.3 is 0 Å². The van der Waals surface area contributed by atoms with E-state index in [0.29, 0.717) is 18.0 Å². The van der Waals surface area contributed by atoms with Crippen LogP contribution in [0, 0.1) is 11.7 Å². The summed E-state index contributed by atoms with van der Waals surface area (Å²) < 4.78 is 14.1. The molecule has 0 spiro atoms. The van der Waals surface area contributed by atoms with Crippen LogP contribution in [0.4, 0.5) is 4.39 Å². The lowest BCUT2D eigenvalue weighted by atomic mass is 10.1. The molecule has 1 amide bonds. The Hall–Kier alpha value is -1.42. The molecular weight excluding hydrogens is 267 g/mol. The molecule has 2 unspecified atom stereocenters. The number of hydrogen-bond acceptors (Lipinski definition) is 2. The predicted octanol–water partition coefficient (Wildman–Crippen LogP) is 3.47. The van der Waals surface area contributed by atoms with Gasteiger partial charge in [-0.1, -0.05) is 45.4 Å². The highest BCUT2D eigenvalue weighted by Crippen LogP contribution is 2.29. The minimum atomic E-state index is -0.339. The quantitative estimate of drug-likeness (QED) is 0.870. The van der Waals surface area contributed by atoms with Crippen LogP contribution < -0.4 is 5.32 Å². The van der Waals surface area contributed by atoms with Crippen LogP contribution in [0.2, 0.25) is 0 Å². The molecule has 4 heteroatoms. The van der Waals surface area contributed by atoms with Gasteiger partial charge in [0.05, 0.1) is 6.04 Å². The summed E-state index contributed by atoms with van der Waals surface area (Å²) >= 11 is 0. The molecule has 0 saturated carbocycles. The number of benzene rings is 1. The number of halogens is 1. The third-order valence-corrected chi connectivity index (χ3v) is 3.98. The molecule has 1 heterocycles. The Morgan fingerprint density at radius 2 is 2.05 bits per heavy atom. The Kier molecular flexibility index (Phi) is 5.34. The fraction of sp³-hybridized carbons (Fsp3) is 0.588. The zero-order valence-corrected chi connectivity index (χ0v) is 13.1. The van der Waals surface area contributed by atoms with Crippen LogP contribution in [0.5, 0.6) is 0 Å². The van der Waals surface area contributed by atoms with Gasteiger partial charge in [0.1, 0.15) is 12.0 Å². The fourth-order valence-electron chi connectivity index (χ4n) is 2.77. The number of nitrogens with zero attached hydrogens (tertiary/aromatic N) is 1. The first-order chi connectivity index (χ1) is 10.0. The number of hydrogen-bond donors (Lipinski definition) is 1. The van der Waals surface area contributed by atoms with Crippen LogP contribution in [0.25, 0.3) is 0 Å². The van der Waals surface area contributed by atoms with E-state index in [-0.39, 0.29) is 23.9 Å². The van der Waals surface area contributed by atoms with Gasteiger partial charge in [0.2, 0.25) is 5.91 Å². The van der Waals surface area contributed by atoms with Crippen molar-refractivity contribution in [2.75, 3.05) is 6.54 Å². The molecule has 0 aromatic heterocycles. The second-order valence-corrected chi connectivity index (χ2v) is 6.15. The number of carbonyl (C=O) groups is 1. The molecule has 1 aromatic rings. The van der Waals surface area contributed by atoms with Gasteiger partial charge in [-0.2, -0.15) is 0 Å². The Balaban J connectivity index is 2.23. The van der Waals surface area contributed by atoms with Gasteiger partial charge in [-0.05, 0) is 24.8 Å². The average molecular weight is 292 g/mol. The van der Waals surface area contributed by atoms with E-state index in [9.17, 15) is 9.18 Å². The molecule has 0 bridgehead atoms. The van der Waals surface area contributed by atoms with Crippen molar-refractivity contribution in [3.05, 3.63) is 35.6 Å². The molecule has 0 radical (unpaired) electrons. The van der Waals surface area contributed by atoms with E-state index < -0.39 is 0 Å². The molecule has 1 aliphatic heterocycles. The molecule has 1 aromatic carbocycles. The van der Waals surface area contributed by atoms with Gasteiger partial charge < -0.3 is 4.90 Å². The second-order valence-electron chi connectivity index (χ2n) is 6.15. The summed E-state index contributed by atoms with van der Waals surface area (Å²) in [5.41, 5.74) is 0.563. The fourth-order valence-corrected chi connectivity index (χ4v) is 2.77. The normalized spacial score (nSPS) is 22.3. The summed E-state index contributed by atoms with van der Waals surface area (Å²) in [6.45, 7) is 7.00. The van der Waals surface area contributed by atoms with Gasteiger partial charge in [0, 0.05) is 12.1 Å². The standard InChI is InChI=1S/C17H25FN2O/c1-4-7-15-17(21)20(11-10-12(2)3)16(19-15)13-8-5-6-9-14(13)18/h5-6,8-9,12,15-16,19H,4,7,10-11H2,1-3H3. The van der Waals surface area contributed by atoms with E-state index in [1.165, 1.54) is 6.07 Å². The third-order valence-electron chi connectivity index (χ3n) is 3.98. The monoisotopic (exact) mass is 292 g/mol. The average Bonchev–Trinajstić information content (AvgIpc) is 2.74. The largest absolute Gasteiger partial charge is 0.321 e. The highest BCUT2D eigenvalue weighted by atomic mass is 19.1. The van der Waals surface area contributed by atoms with Crippen molar-refractivity contribution in [3.63, 3.8) is 0 Å². The topological polar surface area (TPSA) is 32.3 Å². The number of carbonyl (C=O) groups excluding carboxylic acids is 1. The summed E-state index contributed by atoms with van der Waals surface area (Å²) in [4.78, 5) is 14.3. The third kappa shape index (κ3) is 3.62. The van der Waals surface area contributed by atoms with Crippen LogP contribution in [-0.4, -0.2) is 23.4 Å². The SMILES string of the molecule is CCCC1NC(c2ccccc2F)N(CCC(C)C)C1=O. The molecule has 21 heavy (non-hydrogen) atoms. The van der Waals surface area contributed by atoms with Gasteiger partial charge in [0.15, 0.2) is 0 Å². The molecule has 2 rings (SSSR count). The van der Waals surface area contributed by atoms with Crippen molar-refractivity contribution >= 4 is 5.91 Å². The van der Waals surface area contributed by atoms with Crippen LogP contribution >= 0.6 is 0 Å².